The van der Waals surface area contributed by atoms with Crippen LogP contribution in [0.2, 0.25) is 5.02 Å². The lowest BCUT2D eigenvalue weighted by Gasteiger charge is -2.13. The molecular formula is C16H15ClO2. The van der Waals surface area contributed by atoms with Gasteiger partial charge in [0.2, 0.25) is 0 Å². The Hall–Kier alpha value is -1.93. The topological polar surface area (TPSA) is 18.5 Å². The van der Waals surface area contributed by atoms with E-state index in [-0.39, 0.29) is 0 Å². The molecular weight excluding hydrogens is 260 g/mol. The molecule has 0 atom stereocenters. The highest BCUT2D eigenvalue weighted by molar-refractivity contribution is 6.32. The molecule has 2 aromatic carbocycles. The van der Waals surface area contributed by atoms with Gasteiger partial charge >= 0.3 is 0 Å². The van der Waals surface area contributed by atoms with Gasteiger partial charge < -0.3 is 9.47 Å². The molecule has 2 aromatic rings. The molecule has 2 rings (SSSR count). The number of methoxy groups -OCH3 is 1. The fourth-order valence-corrected chi connectivity index (χ4v) is 1.96. The van der Waals surface area contributed by atoms with Crippen molar-refractivity contribution in [3.63, 3.8) is 0 Å². The van der Waals surface area contributed by atoms with Crippen LogP contribution in [0.5, 0.6) is 17.2 Å². The molecule has 0 fully saturated rings. The number of para-hydroxylation sites is 2. The summed E-state index contributed by atoms with van der Waals surface area (Å²) in [7, 11) is 1.63. The number of allylic oxidation sites excluding steroid dienone is 1. The van der Waals surface area contributed by atoms with Crippen molar-refractivity contribution in [2.24, 2.45) is 0 Å². The molecule has 98 valence electrons. The summed E-state index contributed by atoms with van der Waals surface area (Å²) in [5, 5.41) is 0.570. The summed E-state index contributed by atoms with van der Waals surface area (Å²) in [6.07, 6.45) is 3.93. The van der Waals surface area contributed by atoms with Gasteiger partial charge in [0.15, 0.2) is 11.5 Å². The number of rotatable bonds is 4. The first-order valence-electron chi connectivity index (χ1n) is 5.98. The van der Waals surface area contributed by atoms with Crippen LogP contribution in [-0.2, 0) is 0 Å². The zero-order valence-electron chi connectivity index (χ0n) is 10.9. The van der Waals surface area contributed by atoms with Gasteiger partial charge in [-0.3, -0.25) is 0 Å². The molecule has 0 saturated heterocycles. The summed E-state index contributed by atoms with van der Waals surface area (Å²) in [4.78, 5) is 0. The van der Waals surface area contributed by atoms with Crippen LogP contribution in [0, 0.1) is 0 Å². The molecule has 0 radical (unpaired) electrons. The number of hydrogen-bond acceptors (Lipinski definition) is 2. The molecule has 0 aliphatic rings. The van der Waals surface area contributed by atoms with Crippen molar-refractivity contribution in [3.8, 4) is 17.2 Å². The molecule has 0 aromatic heterocycles. The summed E-state index contributed by atoms with van der Waals surface area (Å²) >= 11 is 6.09. The third-order valence-electron chi connectivity index (χ3n) is 2.62. The van der Waals surface area contributed by atoms with Crippen molar-refractivity contribution in [2.45, 2.75) is 6.92 Å². The first-order valence-corrected chi connectivity index (χ1v) is 6.36. The van der Waals surface area contributed by atoms with E-state index in [4.69, 9.17) is 21.1 Å². The minimum atomic E-state index is 0.570. The average molecular weight is 275 g/mol. The SMILES string of the molecule is CC=Cc1cccc(Oc2ccccc2Cl)c1OC. The lowest BCUT2D eigenvalue weighted by Crippen LogP contribution is -1.93. The Balaban J connectivity index is 2.40. The Morgan fingerprint density at radius 1 is 1.00 bits per heavy atom. The Morgan fingerprint density at radius 3 is 2.42 bits per heavy atom. The maximum Gasteiger partial charge on any atom is 0.169 e. The summed E-state index contributed by atoms with van der Waals surface area (Å²) in [6.45, 7) is 1.96. The number of hydrogen-bond donors (Lipinski definition) is 0. The van der Waals surface area contributed by atoms with Crippen LogP contribution in [0.15, 0.2) is 48.5 Å². The number of ether oxygens (including phenoxy) is 2. The van der Waals surface area contributed by atoms with Gasteiger partial charge in [-0.05, 0) is 25.1 Å². The normalized spacial score (nSPS) is 10.7. The van der Waals surface area contributed by atoms with E-state index in [1.807, 2.05) is 55.5 Å². The molecule has 0 N–H and O–H groups in total. The number of benzene rings is 2. The van der Waals surface area contributed by atoms with Crippen LogP contribution in [0.25, 0.3) is 6.08 Å². The van der Waals surface area contributed by atoms with Crippen LogP contribution in [0.3, 0.4) is 0 Å². The second-order valence-corrected chi connectivity index (χ2v) is 4.32. The fraction of sp³-hybridized carbons (Fsp3) is 0.125. The second kappa shape index (κ2) is 6.30. The van der Waals surface area contributed by atoms with Crippen LogP contribution < -0.4 is 9.47 Å². The second-order valence-electron chi connectivity index (χ2n) is 3.91. The molecule has 0 amide bonds. The van der Waals surface area contributed by atoms with E-state index >= 15 is 0 Å². The average Bonchev–Trinajstić information content (AvgIpc) is 2.42. The van der Waals surface area contributed by atoms with Gasteiger partial charge in [0.25, 0.3) is 0 Å². The van der Waals surface area contributed by atoms with Crippen LogP contribution >= 0.6 is 11.6 Å². The van der Waals surface area contributed by atoms with E-state index in [9.17, 15) is 0 Å². The highest BCUT2D eigenvalue weighted by Gasteiger charge is 2.10. The van der Waals surface area contributed by atoms with Crippen molar-refractivity contribution in [1.82, 2.24) is 0 Å². The highest BCUT2D eigenvalue weighted by Crippen LogP contribution is 2.37. The van der Waals surface area contributed by atoms with Gasteiger partial charge in [0.05, 0.1) is 12.1 Å². The third kappa shape index (κ3) is 3.09. The van der Waals surface area contributed by atoms with E-state index in [1.165, 1.54) is 0 Å². The highest BCUT2D eigenvalue weighted by atomic mass is 35.5. The van der Waals surface area contributed by atoms with Crippen LogP contribution in [0.1, 0.15) is 12.5 Å². The van der Waals surface area contributed by atoms with Crippen molar-refractivity contribution >= 4 is 17.7 Å². The molecule has 0 saturated carbocycles. The quantitative estimate of drug-likeness (QED) is 0.765. The Morgan fingerprint density at radius 2 is 1.74 bits per heavy atom. The van der Waals surface area contributed by atoms with Crippen molar-refractivity contribution in [2.75, 3.05) is 7.11 Å². The van der Waals surface area contributed by atoms with Crippen molar-refractivity contribution < 1.29 is 9.47 Å². The minimum Gasteiger partial charge on any atom is -0.492 e. The van der Waals surface area contributed by atoms with E-state index in [2.05, 4.69) is 0 Å². The summed E-state index contributed by atoms with van der Waals surface area (Å²) in [5.41, 5.74) is 0.967. The van der Waals surface area contributed by atoms with E-state index in [0.29, 0.717) is 22.3 Å². The molecule has 0 heterocycles. The molecule has 0 aliphatic heterocycles. The first-order chi connectivity index (χ1) is 9.26. The maximum absolute atomic E-state index is 6.09. The van der Waals surface area contributed by atoms with E-state index in [0.717, 1.165) is 5.56 Å². The van der Waals surface area contributed by atoms with Crippen LogP contribution in [0.4, 0.5) is 0 Å². The first kappa shape index (κ1) is 13.5. The maximum atomic E-state index is 6.09. The lowest BCUT2D eigenvalue weighted by molar-refractivity contribution is 0.378. The molecule has 0 unspecified atom stereocenters. The Kier molecular flexibility index (Phi) is 4.48. The third-order valence-corrected chi connectivity index (χ3v) is 2.93. The zero-order valence-corrected chi connectivity index (χ0v) is 11.6. The van der Waals surface area contributed by atoms with Gasteiger partial charge in [-0.25, -0.2) is 0 Å². The zero-order chi connectivity index (χ0) is 13.7. The molecule has 0 aliphatic carbocycles. The summed E-state index contributed by atoms with van der Waals surface area (Å²) in [5.74, 6) is 1.95. The smallest absolute Gasteiger partial charge is 0.169 e. The van der Waals surface area contributed by atoms with E-state index in [1.54, 1.807) is 13.2 Å². The fourth-order valence-electron chi connectivity index (χ4n) is 1.79. The summed E-state index contributed by atoms with van der Waals surface area (Å²) in [6, 6.07) is 13.1. The molecule has 3 heteroatoms. The Bertz CT molecular complexity index is 591. The standard InChI is InChI=1S/C16H15ClO2/c1-3-7-12-8-6-11-15(16(12)18-2)19-14-10-5-4-9-13(14)17/h3-11H,1-2H3. The predicted molar refractivity (Wildman–Crippen MR) is 79.2 cm³/mol. The molecule has 0 spiro atoms. The van der Waals surface area contributed by atoms with Crippen LogP contribution in [-0.4, -0.2) is 7.11 Å². The van der Waals surface area contributed by atoms with Gasteiger partial charge in [0, 0.05) is 5.56 Å². The van der Waals surface area contributed by atoms with Crippen molar-refractivity contribution in [3.05, 3.63) is 59.1 Å². The van der Waals surface area contributed by atoms with Gasteiger partial charge in [0.1, 0.15) is 5.75 Å². The van der Waals surface area contributed by atoms with Gasteiger partial charge in [-0.1, -0.05) is 48.0 Å². The molecule has 0 bridgehead atoms. The van der Waals surface area contributed by atoms with E-state index < -0.39 is 0 Å². The predicted octanol–water partition coefficient (Wildman–Crippen LogP) is 5.17. The molecule has 19 heavy (non-hydrogen) atoms. The Labute approximate surface area is 118 Å². The molecule has 2 nitrogen and oxygen atoms in total. The lowest BCUT2D eigenvalue weighted by atomic mass is 10.1. The largest absolute Gasteiger partial charge is 0.492 e. The summed E-state index contributed by atoms with van der Waals surface area (Å²) < 4.78 is 11.2. The van der Waals surface area contributed by atoms with Gasteiger partial charge in [-0.2, -0.15) is 0 Å². The minimum absolute atomic E-state index is 0.570. The number of halogens is 1. The van der Waals surface area contributed by atoms with Crippen molar-refractivity contribution in [1.29, 1.82) is 0 Å². The van der Waals surface area contributed by atoms with Gasteiger partial charge in [-0.15, -0.1) is 0 Å². The monoisotopic (exact) mass is 274 g/mol.